The van der Waals surface area contributed by atoms with Crippen LogP contribution in [0.25, 0.3) is 0 Å². The van der Waals surface area contributed by atoms with Gasteiger partial charge in [0.05, 0.1) is 11.5 Å². The van der Waals surface area contributed by atoms with Crippen molar-refractivity contribution in [3.8, 4) is 11.5 Å². The van der Waals surface area contributed by atoms with Crippen molar-refractivity contribution in [2.75, 3.05) is 26.2 Å². The molecule has 1 heterocycles. The van der Waals surface area contributed by atoms with Crippen molar-refractivity contribution in [1.29, 1.82) is 0 Å². The Morgan fingerprint density at radius 1 is 1.03 bits per heavy atom. The number of halogens is 3. The van der Waals surface area contributed by atoms with Gasteiger partial charge >= 0.3 is 12.5 Å². The van der Waals surface area contributed by atoms with E-state index in [1.807, 2.05) is 0 Å². The molecule has 2 amide bonds. The van der Waals surface area contributed by atoms with E-state index in [1.165, 1.54) is 15.9 Å². The van der Waals surface area contributed by atoms with E-state index in [0.717, 1.165) is 18.6 Å². The molecule has 2 fully saturated rings. The molecule has 0 bridgehead atoms. The number of aliphatic hydroxyl groups is 1. The van der Waals surface area contributed by atoms with E-state index >= 15 is 0 Å². The van der Waals surface area contributed by atoms with Gasteiger partial charge in [-0.25, -0.2) is 4.79 Å². The summed E-state index contributed by atoms with van der Waals surface area (Å²) in [6, 6.07) is 3.25. The van der Waals surface area contributed by atoms with Crippen LogP contribution in [-0.4, -0.2) is 75.3 Å². The van der Waals surface area contributed by atoms with Crippen LogP contribution in [0.5, 0.6) is 11.5 Å². The number of hydrogen-bond acceptors (Lipinski definition) is 5. The van der Waals surface area contributed by atoms with E-state index in [-0.39, 0.29) is 31.7 Å². The average molecular weight is 446 g/mol. The van der Waals surface area contributed by atoms with Crippen LogP contribution >= 0.6 is 0 Å². The topological polar surface area (TPSA) is 111 Å². The minimum atomic E-state index is -5.04. The van der Waals surface area contributed by atoms with Crippen molar-refractivity contribution in [3.05, 3.63) is 23.8 Å². The molecule has 11 heteroatoms. The van der Waals surface area contributed by atoms with E-state index in [0.29, 0.717) is 25.7 Å². The fourth-order valence-corrected chi connectivity index (χ4v) is 4.35. The van der Waals surface area contributed by atoms with E-state index in [2.05, 4.69) is 4.74 Å². The zero-order valence-corrected chi connectivity index (χ0v) is 16.8. The van der Waals surface area contributed by atoms with Gasteiger partial charge in [0.15, 0.2) is 11.5 Å². The molecule has 1 saturated heterocycles. The van der Waals surface area contributed by atoms with E-state index < -0.39 is 41.4 Å². The summed E-state index contributed by atoms with van der Waals surface area (Å²) in [5.74, 6) is -3.24. The Bertz CT molecular complexity index is 818. The minimum Gasteiger partial charge on any atom is -0.504 e. The maximum absolute atomic E-state index is 13.4. The van der Waals surface area contributed by atoms with Crippen LogP contribution in [0, 0.1) is 0 Å². The Kier molecular flexibility index (Phi) is 6.54. The molecular weight excluding hydrogens is 421 g/mol. The van der Waals surface area contributed by atoms with Gasteiger partial charge in [-0.05, 0) is 30.5 Å². The maximum atomic E-state index is 13.4. The molecule has 0 radical (unpaired) electrons. The summed E-state index contributed by atoms with van der Waals surface area (Å²) in [7, 11) is 0. The number of ether oxygens (including phenoxy) is 1. The number of nitrogens with zero attached hydrogens (tertiary/aromatic N) is 2. The third-order valence-corrected chi connectivity index (χ3v) is 5.91. The predicted molar refractivity (Wildman–Crippen MR) is 102 cm³/mol. The second kappa shape index (κ2) is 8.81. The summed E-state index contributed by atoms with van der Waals surface area (Å²) < 4.78 is 42.1. The van der Waals surface area contributed by atoms with Crippen molar-refractivity contribution in [2.45, 2.75) is 50.0 Å². The maximum Gasteiger partial charge on any atom is 0.573 e. The second-order valence-corrected chi connectivity index (χ2v) is 7.97. The zero-order valence-electron chi connectivity index (χ0n) is 16.8. The van der Waals surface area contributed by atoms with Gasteiger partial charge in [-0.3, -0.25) is 4.79 Å². The summed E-state index contributed by atoms with van der Waals surface area (Å²) in [5.41, 5.74) is -1.36. The lowest BCUT2D eigenvalue weighted by Crippen LogP contribution is -2.54. The van der Waals surface area contributed by atoms with Crippen LogP contribution in [0.3, 0.4) is 0 Å². The second-order valence-electron chi connectivity index (χ2n) is 7.97. The number of carboxylic acid groups (broad SMARTS) is 1. The Balaban J connectivity index is 1.93. The van der Waals surface area contributed by atoms with E-state index in [9.17, 15) is 33.0 Å². The summed E-state index contributed by atoms with van der Waals surface area (Å²) in [4.78, 5) is 27.2. The molecule has 1 saturated carbocycles. The highest BCUT2D eigenvalue weighted by atomic mass is 19.4. The lowest BCUT2D eigenvalue weighted by Gasteiger charge is -2.42. The summed E-state index contributed by atoms with van der Waals surface area (Å²) in [6.45, 7) is 0.428. The zero-order chi connectivity index (χ0) is 22.8. The highest BCUT2D eigenvalue weighted by molar-refractivity contribution is 5.86. The Labute approximate surface area is 176 Å². The number of hydrogen-bond donors (Lipinski definition) is 3. The first-order valence-electron chi connectivity index (χ1n) is 10.1. The van der Waals surface area contributed by atoms with Gasteiger partial charge in [0.1, 0.15) is 0 Å². The summed E-state index contributed by atoms with van der Waals surface area (Å²) in [6.07, 6.45) is -3.33. The van der Waals surface area contributed by atoms with Crippen molar-refractivity contribution < 1.29 is 42.8 Å². The lowest BCUT2D eigenvalue weighted by molar-refractivity contribution is -0.275. The quantitative estimate of drug-likeness (QED) is 0.656. The SMILES string of the molecule is O=C(O)N1CCN(C(=O)C(c2ccc(O)c(OC(F)(F)F)c2)C2(O)CCCCC2)CC1. The molecule has 31 heavy (non-hydrogen) atoms. The number of aromatic hydroxyl groups is 1. The van der Waals surface area contributed by atoms with Gasteiger partial charge in [0.2, 0.25) is 5.91 Å². The monoisotopic (exact) mass is 446 g/mol. The van der Waals surface area contributed by atoms with Crippen molar-refractivity contribution in [2.24, 2.45) is 0 Å². The molecule has 2 aliphatic rings. The smallest absolute Gasteiger partial charge is 0.504 e. The van der Waals surface area contributed by atoms with Crippen molar-refractivity contribution >= 4 is 12.0 Å². The van der Waals surface area contributed by atoms with Crippen LogP contribution in [0.4, 0.5) is 18.0 Å². The van der Waals surface area contributed by atoms with Crippen LogP contribution in [0.1, 0.15) is 43.6 Å². The number of phenolic OH excluding ortho intramolecular Hbond substituents is 1. The Morgan fingerprint density at radius 3 is 2.16 bits per heavy atom. The number of benzene rings is 1. The first-order chi connectivity index (χ1) is 14.5. The highest BCUT2D eigenvalue weighted by Gasteiger charge is 2.45. The highest BCUT2D eigenvalue weighted by Crippen LogP contribution is 2.43. The number of piperazine rings is 1. The van der Waals surface area contributed by atoms with Crippen LogP contribution in [0.15, 0.2) is 18.2 Å². The molecule has 3 rings (SSSR count). The average Bonchev–Trinajstić information content (AvgIpc) is 2.70. The molecule has 1 aliphatic heterocycles. The fraction of sp³-hybridized carbons (Fsp3) is 0.600. The number of rotatable bonds is 4. The summed E-state index contributed by atoms with van der Waals surface area (Å²) in [5, 5.41) is 30.2. The standard InChI is InChI=1S/C20H25F3N2O6/c21-20(22,23)31-15-12-13(4-5-14(15)26)16(19(30)6-2-1-3-7-19)17(27)24-8-10-25(11-9-24)18(28)29/h4-5,12,16,26,30H,1-3,6-11H2,(H,28,29). The molecule has 1 aliphatic carbocycles. The normalized spacial score (nSPS) is 20.3. The van der Waals surface area contributed by atoms with Gasteiger partial charge in [-0.2, -0.15) is 0 Å². The lowest BCUT2D eigenvalue weighted by atomic mass is 9.72. The predicted octanol–water partition coefficient (Wildman–Crippen LogP) is 2.89. The van der Waals surface area contributed by atoms with Crippen molar-refractivity contribution in [3.63, 3.8) is 0 Å². The van der Waals surface area contributed by atoms with Gasteiger partial charge in [-0.15, -0.1) is 13.2 Å². The van der Waals surface area contributed by atoms with Crippen molar-refractivity contribution in [1.82, 2.24) is 9.80 Å². The Morgan fingerprint density at radius 2 is 1.61 bits per heavy atom. The largest absolute Gasteiger partial charge is 0.573 e. The Hall–Kier alpha value is -2.69. The number of amides is 2. The van der Waals surface area contributed by atoms with E-state index in [1.54, 1.807) is 0 Å². The number of carbonyl (C=O) groups excluding carboxylic acids is 1. The van der Waals surface area contributed by atoms with Gasteiger partial charge < -0.3 is 29.9 Å². The van der Waals surface area contributed by atoms with E-state index in [4.69, 9.17) is 5.11 Å². The third-order valence-electron chi connectivity index (χ3n) is 5.91. The number of alkyl halides is 3. The molecular formula is C20H25F3N2O6. The molecule has 1 aromatic rings. The van der Waals surface area contributed by atoms with Crippen LogP contribution in [-0.2, 0) is 4.79 Å². The molecule has 1 aromatic carbocycles. The molecule has 8 nitrogen and oxygen atoms in total. The molecule has 0 spiro atoms. The molecule has 3 N–H and O–H groups in total. The molecule has 172 valence electrons. The first-order valence-corrected chi connectivity index (χ1v) is 10.1. The molecule has 1 atom stereocenters. The number of phenols is 1. The number of carbonyl (C=O) groups is 2. The van der Waals surface area contributed by atoms with Gasteiger partial charge in [0.25, 0.3) is 0 Å². The fourth-order valence-electron chi connectivity index (χ4n) is 4.35. The first kappa shape index (κ1) is 23.0. The van der Waals surface area contributed by atoms with Gasteiger partial charge in [0, 0.05) is 26.2 Å². The third kappa shape index (κ3) is 5.33. The van der Waals surface area contributed by atoms with Crippen LogP contribution in [0.2, 0.25) is 0 Å². The molecule has 1 unspecified atom stereocenters. The summed E-state index contributed by atoms with van der Waals surface area (Å²) >= 11 is 0. The minimum absolute atomic E-state index is 0.101. The molecule has 0 aromatic heterocycles. The van der Waals surface area contributed by atoms with Gasteiger partial charge in [-0.1, -0.05) is 25.3 Å². The van der Waals surface area contributed by atoms with Crippen LogP contribution < -0.4 is 4.74 Å².